The fourth-order valence-corrected chi connectivity index (χ4v) is 8.09. The molecule has 3 N–H and O–H groups in total. The number of anilines is 1. The molecule has 2 amide bonds. The molecule has 0 heterocycles. The first kappa shape index (κ1) is 42.4. The Bertz CT molecular complexity index is 1810. The van der Waals surface area contributed by atoms with Crippen LogP contribution in [0.25, 0.3) is 0 Å². The Labute approximate surface area is 323 Å². The maximum atomic E-state index is 14.1. The van der Waals surface area contributed by atoms with Crippen molar-refractivity contribution in [2.45, 2.75) is 104 Å². The molecular weight excluding hydrogens is 697 g/mol. The van der Waals surface area contributed by atoms with Crippen LogP contribution in [0.2, 0.25) is 0 Å². The van der Waals surface area contributed by atoms with Crippen molar-refractivity contribution in [1.29, 1.82) is 5.41 Å². The van der Waals surface area contributed by atoms with Crippen LogP contribution in [0.1, 0.15) is 123 Å². The second-order valence-electron chi connectivity index (χ2n) is 15.5. The zero-order valence-corrected chi connectivity index (χ0v) is 33.6. The van der Waals surface area contributed by atoms with Gasteiger partial charge < -0.3 is 16.0 Å². The van der Waals surface area contributed by atoms with Crippen LogP contribution in [0.4, 0.5) is 5.69 Å². The highest BCUT2D eigenvalue weighted by molar-refractivity contribution is 7.92. The predicted molar refractivity (Wildman–Crippen MR) is 219 cm³/mol. The summed E-state index contributed by atoms with van der Waals surface area (Å²) in [6.45, 7) is 8.69. The number of carbonyl (C=O) groups is 3. The van der Waals surface area contributed by atoms with Crippen molar-refractivity contribution in [3.63, 3.8) is 0 Å². The van der Waals surface area contributed by atoms with Gasteiger partial charge in [0.2, 0.25) is 21.7 Å². The lowest BCUT2D eigenvalue weighted by atomic mass is 9.92. The number of unbranched alkanes of at least 4 members (excludes halogenated alkanes) is 1. The summed E-state index contributed by atoms with van der Waals surface area (Å²) in [4.78, 5) is 40.7. The molecule has 54 heavy (non-hydrogen) atoms. The molecule has 292 valence electrons. The third kappa shape index (κ3) is 13.2. The third-order valence-corrected chi connectivity index (χ3v) is 12.3. The highest BCUT2D eigenvalue weighted by atomic mass is 32.2. The van der Waals surface area contributed by atoms with Crippen LogP contribution in [-0.4, -0.2) is 57.1 Å². The maximum Gasteiger partial charge on any atom is 0.251 e. The van der Waals surface area contributed by atoms with Gasteiger partial charge in [0.05, 0.1) is 17.2 Å². The van der Waals surface area contributed by atoms with Gasteiger partial charge in [0.1, 0.15) is 0 Å². The van der Waals surface area contributed by atoms with E-state index in [1.54, 1.807) is 0 Å². The van der Waals surface area contributed by atoms with Crippen molar-refractivity contribution in [2.24, 2.45) is 17.8 Å². The average molecular weight is 757 g/mol. The molecule has 1 saturated carbocycles. The summed E-state index contributed by atoms with van der Waals surface area (Å²) in [7, 11) is -2.32. The molecule has 3 aromatic rings. The Balaban J connectivity index is 1.55. The topological polar surface area (TPSA) is 136 Å². The molecule has 1 fully saturated rings. The van der Waals surface area contributed by atoms with E-state index in [0.717, 1.165) is 47.7 Å². The van der Waals surface area contributed by atoms with Gasteiger partial charge in [-0.15, -0.1) is 0 Å². The molecule has 0 aromatic heterocycles. The first-order valence-electron chi connectivity index (χ1n) is 19.7. The number of rotatable bonds is 23. The average Bonchev–Trinajstić information content (AvgIpc) is 4.01. The van der Waals surface area contributed by atoms with E-state index in [2.05, 4.69) is 10.6 Å². The summed E-state index contributed by atoms with van der Waals surface area (Å²) in [5, 5.41) is 15.1. The van der Waals surface area contributed by atoms with E-state index in [1.807, 2.05) is 88.4 Å². The molecule has 0 bridgehead atoms. The number of Topliss-reactive ketones (excluding diaryl/α,β-unsaturated/α-hetero) is 1. The van der Waals surface area contributed by atoms with Gasteiger partial charge in [-0.05, 0) is 98.4 Å². The molecular formula is C44H60N4O5S. The molecule has 0 saturated heterocycles. The number of amides is 2. The van der Waals surface area contributed by atoms with Gasteiger partial charge in [-0.2, -0.15) is 0 Å². The van der Waals surface area contributed by atoms with Crippen LogP contribution in [-0.2, 0) is 21.2 Å². The molecule has 1 aliphatic carbocycles. The van der Waals surface area contributed by atoms with Gasteiger partial charge in [-0.25, -0.2) is 8.42 Å². The van der Waals surface area contributed by atoms with E-state index in [1.165, 1.54) is 38.1 Å². The number of hydrogen-bond acceptors (Lipinski definition) is 6. The van der Waals surface area contributed by atoms with Gasteiger partial charge in [0.25, 0.3) is 5.91 Å². The van der Waals surface area contributed by atoms with Crippen molar-refractivity contribution >= 4 is 39.0 Å². The molecule has 0 spiro atoms. The third-order valence-electron chi connectivity index (χ3n) is 10.5. The molecule has 0 unspecified atom stereocenters. The van der Waals surface area contributed by atoms with Gasteiger partial charge >= 0.3 is 0 Å². The fourth-order valence-electron chi connectivity index (χ4n) is 6.62. The molecule has 10 heteroatoms. The summed E-state index contributed by atoms with van der Waals surface area (Å²) < 4.78 is 28.0. The van der Waals surface area contributed by atoms with Crippen molar-refractivity contribution in [3.05, 3.63) is 101 Å². The van der Waals surface area contributed by atoms with Crippen LogP contribution in [0.5, 0.6) is 0 Å². The predicted octanol–water partition coefficient (Wildman–Crippen LogP) is 8.35. The van der Waals surface area contributed by atoms with Gasteiger partial charge in [-0.1, -0.05) is 101 Å². The van der Waals surface area contributed by atoms with Crippen LogP contribution < -0.4 is 14.9 Å². The van der Waals surface area contributed by atoms with Crippen LogP contribution in [0, 0.1) is 23.2 Å². The fraction of sp³-hybridized carbons (Fsp3) is 0.500. The molecule has 3 aromatic carbocycles. The summed E-state index contributed by atoms with van der Waals surface area (Å²) in [5.74, 6) is -0.233. The number of benzene rings is 3. The number of hydrogen-bond donors (Lipinski definition) is 3. The quantitative estimate of drug-likeness (QED) is 0.0508. The lowest BCUT2D eigenvalue weighted by Crippen LogP contribution is -2.37. The van der Waals surface area contributed by atoms with Crippen molar-refractivity contribution in [1.82, 2.24) is 10.6 Å². The van der Waals surface area contributed by atoms with Gasteiger partial charge in [0.15, 0.2) is 0 Å². The largest absolute Gasteiger partial charge is 0.356 e. The summed E-state index contributed by atoms with van der Waals surface area (Å²) >= 11 is 0. The van der Waals surface area contributed by atoms with Crippen LogP contribution >= 0.6 is 0 Å². The second-order valence-corrected chi connectivity index (χ2v) is 17.6. The number of sulfonamides is 1. The van der Waals surface area contributed by atoms with Crippen LogP contribution in [0.15, 0.2) is 78.9 Å². The summed E-state index contributed by atoms with van der Waals surface area (Å²) in [6, 6.07) is 23.8. The van der Waals surface area contributed by atoms with Crippen molar-refractivity contribution < 1.29 is 22.8 Å². The zero-order valence-electron chi connectivity index (χ0n) is 32.8. The first-order valence-corrected chi connectivity index (χ1v) is 21.3. The van der Waals surface area contributed by atoms with Gasteiger partial charge in [-0.3, -0.25) is 18.7 Å². The maximum absolute atomic E-state index is 14.1. The van der Waals surface area contributed by atoms with Crippen molar-refractivity contribution in [2.75, 3.05) is 23.7 Å². The number of nitrogens with one attached hydrogen (secondary N) is 3. The normalized spacial score (nSPS) is 14.6. The summed E-state index contributed by atoms with van der Waals surface area (Å²) in [6.07, 6.45) is 7.51. The Morgan fingerprint density at radius 3 is 2.13 bits per heavy atom. The van der Waals surface area contributed by atoms with E-state index in [9.17, 15) is 22.8 Å². The molecule has 9 nitrogen and oxygen atoms in total. The highest BCUT2D eigenvalue weighted by Gasteiger charge is 2.26. The van der Waals surface area contributed by atoms with Crippen molar-refractivity contribution in [3.8, 4) is 0 Å². The van der Waals surface area contributed by atoms with E-state index in [0.29, 0.717) is 25.2 Å². The first-order chi connectivity index (χ1) is 25.8. The minimum absolute atomic E-state index is 0.0344. The molecule has 1 aliphatic rings. The highest BCUT2D eigenvalue weighted by Crippen LogP contribution is 2.28. The molecule has 3 atom stereocenters. The second kappa shape index (κ2) is 20.4. The Kier molecular flexibility index (Phi) is 16.0. The molecule has 4 rings (SSSR count). The zero-order chi connectivity index (χ0) is 39.3. The van der Waals surface area contributed by atoms with E-state index in [-0.39, 0.29) is 64.4 Å². The minimum atomic E-state index is -3.76. The Morgan fingerprint density at radius 1 is 0.870 bits per heavy atom. The Hall–Kier alpha value is -4.31. The van der Waals surface area contributed by atoms with E-state index < -0.39 is 21.7 Å². The molecule has 0 aliphatic heterocycles. The van der Waals surface area contributed by atoms with Crippen LogP contribution in [0.3, 0.4) is 0 Å². The number of carbonyl (C=O) groups excluding carboxylic acids is 3. The lowest BCUT2D eigenvalue weighted by Gasteiger charge is -2.23. The lowest BCUT2D eigenvalue weighted by molar-refractivity contribution is -0.125. The monoisotopic (exact) mass is 756 g/mol. The van der Waals surface area contributed by atoms with E-state index >= 15 is 0 Å². The number of ketones is 1. The van der Waals surface area contributed by atoms with E-state index in [4.69, 9.17) is 5.41 Å². The standard InChI is InChI=1S/C44H60N4O5S/c1-6-35(43(50)46-30-34-21-22-34)17-13-14-20-39(26-33-15-9-7-10-16-33)47-44(51)38-27-37(28-40(29-38)48(5)54(52,53)24-23-31(2)3)42(49)41(45)25-32(4)36-18-11-8-12-19-36/h7-12,15-16,18-19,27-29,31-32,34-35,39,45H,6,13-14,17,20-26,30H2,1-5H3,(H,46,50)(H,47,51)/t32-,35+,39-/m0/s1. The number of nitrogens with zero attached hydrogens (tertiary/aromatic N) is 1. The molecule has 0 radical (unpaired) electrons. The SMILES string of the molecule is CC[C@H](CCCC[C@@H](Cc1ccccc1)NC(=O)c1cc(C(=O)C(=N)C[C@H](C)c2ccccc2)cc(N(C)S(=O)(=O)CCC(C)C)c1)C(=O)NCC1CC1. The smallest absolute Gasteiger partial charge is 0.251 e. The Morgan fingerprint density at radius 2 is 1.50 bits per heavy atom. The summed E-state index contributed by atoms with van der Waals surface area (Å²) in [5.41, 5.74) is 2.40. The van der Waals surface area contributed by atoms with Gasteiger partial charge in [0, 0.05) is 36.7 Å². The minimum Gasteiger partial charge on any atom is -0.356 e.